The Morgan fingerprint density at radius 1 is 1.25 bits per heavy atom. The second-order valence-corrected chi connectivity index (χ2v) is 6.90. The minimum Gasteiger partial charge on any atom is -0.379 e. The molecular weight excluding hydrogens is 395 g/mol. The quantitative estimate of drug-likeness (QED) is 0.651. The molecule has 0 aliphatic heterocycles. The van der Waals surface area contributed by atoms with E-state index in [1.807, 2.05) is 12.2 Å². The molecule has 0 radical (unpaired) electrons. The van der Waals surface area contributed by atoms with Crippen molar-refractivity contribution < 1.29 is 18.0 Å². The summed E-state index contributed by atoms with van der Waals surface area (Å²) in [6.45, 7) is 0.829. The van der Waals surface area contributed by atoms with E-state index in [9.17, 15) is 22.8 Å². The van der Waals surface area contributed by atoms with Crippen LogP contribution in [0.2, 0.25) is 0 Å². The molecule has 2 N–H and O–H groups in total. The van der Waals surface area contributed by atoms with E-state index in [1.165, 1.54) is 34.1 Å². The average Bonchev–Trinajstić information content (AvgIpc) is 3.08. The summed E-state index contributed by atoms with van der Waals surface area (Å²) in [5, 5.41) is 9.86. The van der Waals surface area contributed by atoms with Crippen LogP contribution in [0.4, 0.5) is 18.9 Å². The summed E-state index contributed by atoms with van der Waals surface area (Å²) in [6, 6.07) is 7.34. The van der Waals surface area contributed by atoms with Crippen LogP contribution in [0.1, 0.15) is 28.0 Å². The maximum Gasteiger partial charge on any atom is 0.405 e. The average molecular weight is 411 g/mol. The predicted octanol–water partition coefficient (Wildman–Crippen LogP) is 2.62. The molecule has 2 aromatic heterocycles. The molecule has 3 aromatic rings. The fourth-order valence-electron chi connectivity index (χ4n) is 2.34. The molecule has 2 heterocycles. The third-order valence-corrected chi connectivity index (χ3v) is 4.77. The van der Waals surface area contributed by atoms with Crippen LogP contribution >= 0.6 is 11.3 Å². The summed E-state index contributed by atoms with van der Waals surface area (Å²) in [4.78, 5) is 28.7. The molecule has 28 heavy (non-hydrogen) atoms. The molecule has 0 bridgehead atoms. The zero-order valence-corrected chi connectivity index (χ0v) is 15.5. The second kappa shape index (κ2) is 7.97. The normalized spacial score (nSPS) is 11.6. The molecule has 11 heteroatoms. The Labute approximate surface area is 161 Å². The van der Waals surface area contributed by atoms with Gasteiger partial charge in [-0.3, -0.25) is 9.59 Å². The van der Waals surface area contributed by atoms with Gasteiger partial charge >= 0.3 is 6.18 Å². The number of nitrogens with zero attached hydrogens (tertiary/aromatic N) is 3. The lowest BCUT2D eigenvalue weighted by atomic mass is 10.2. The highest BCUT2D eigenvalue weighted by Gasteiger charge is 2.27. The van der Waals surface area contributed by atoms with Crippen LogP contribution in [-0.4, -0.2) is 33.2 Å². The van der Waals surface area contributed by atoms with Crippen molar-refractivity contribution in [3.8, 4) is 0 Å². The van der Waals surface area contributed by atoms with Gasteiger partial charge in [0.15, 0.2) is 0 Å². The minimum atomic E-state index is -4.46. The van der Waals surface area contributed by atoms with Gasteiger partial charge in [0.2, 0.25) is 4.96 Å². The minimum absolute atomic E-state index is 0.115. The number of hydrogen-bond donors (Lipinski definition) is 2. The van der Waals surface area contributed by atoms with Gasteiger partial charge in [-0.25, -0.2) is 4.98 Å². The predicted molar refractivity (Wildman–Crippen MR) is 98.7 cm³/mol. The fraction of sp³-hybridized carbons (Fsp3) is 0.294. The number of aromatic nitrogens is 3. The summed E-state index contributed by atoms with van der Waals surface area (Å²) in [5.41, 5.74) is 1.01. The summed E-state index contributed by atoms with van der Waals surface area (Å²) in [7, 11) is 0. The number of carbonyl (C=O) groups excluding carboxylic acids is 1. The first-order chi connectivity index (χ1) is 13.2. The molecule has 0 aliphatic carbocycles. The van der Waals surface area contributed by atoms with Crippen LogP contribution in [0.5, 0.6) is 0 Å². The van der Waals surface area contributed by atoms with Crippen molar-refractivity contribution >= 4 is 27.9 Å². The lowest BCUT2D eigenvalue weighted by Crippen LogP contribution is -2.33. The number of hydrogen-bond acceptors (Lipinski definition) is 6. The van der Waals surface area contributed by atoms with Gasteiger partial charge in [0, 0.05) is 17.3 Å². The molecule has 0 saturated heterocycles. The standard InChI is InChI=1S/C17H16F3N5O2S/c1-2-13-24-25-14(26)7-12(23-16(25)28-13)8-21-11-5-3-10(4-6-11)15(27)22-9-17(18,19)20/h3-7,21H,2,8-9H2,1H3,(H,22,27). The van der Waals surface area contributed by atoms with E-state index < -0.39 is 18.6 Å². The van der Waals surface area contributed by atoms with Crippen molar-refractivity contribution in [3.05, 3.63) is 57.0 Å². The first kappa shape index (κ1) is 19.8. The molecule has 148 valence electrons. The van der Waals surface area contributed by atoms with E-state index in [0.717, 1.165) is 5.01 Å². The zero-order chi connectivity index (χ0) is 20.3. The first-order valence-corrected chi connectivity index (χ1v) is 9.14. The van der Waals surface area contributed by atoms with Gasteiger partial charge in [-0.15, -0.1) is 0 Å². The van der Waals surface area contributed by atoms with Crippen LogP contribution in [0, 0.1) is 0 Å². The summed E-state index contributed by atoms with van der Waals surface area (Å²) in [6.07, 6.45) is -3.75. The number of halogens is 3. The Morgan fingerprint density at radius 2 is 1.96 bits per heavy atom. The van der Waals surface area contributed by atoms with E-state index >= 15 is 0 Å². The highest BCUT2D eigenvalue weighted by molar-refractivity contribution is 7.16. The van der Waals surface area contributed by atoms with Crippen LogP contribution in [0.3, 0.4) is 0 Å². The Bertz CT molecular complexity index is 1040. The highest BCUT2D eigenvalue weighted by Crippen LogP contribution is 2.15. The molecule has 0 unspecified atom stereocenters. The third kappa shape index (κ3) is 4.85. The van der Waals surface area contributed by atoms with E-state index in [-0.39, 0.29) is 17.7 Å². The maximum atomic E-state index is 12.1. The van der Waals surface area contributed by atoms with Crippen LogP contribution in [0.25, 0.3) is 4.96 Å². The summed E-state index contributed by atoms with van der Waals surface area (Å²) >= 11 is 1.35. The van der Waals surface area contributed by atoms with Crippen molar-refractivity contribution in [1.82, 2.24) is 19.9 Å². The van der Waals surface area contributed by atoms with Crippen molar-refractivity contribution in [2.45, 2.75) is 26.1 Å². The monoisotopic (exact) mass is 411 g/mol. The van der Waals surface area contributed by atoms with Gasteiger partial charge in [0.25, 0.3) is 11.5 Å². The highest BCUT2D eigenvalue weighted by atomic mass is 32.1. The SMILES string of the molecule is CCc1nn2c(=O)cc(CNc3ccc(C(=O)NCC(F)(F)F)cc3)nc2s1. The van der Waals surface area contributed by atoms with E-state index in [0.29, 0.717) is 22.8 Å². The number of alkyl halides is 3. The van der Waals surface area contributed by atoms with Gasteiger partial charge in [-0.2, -0.15) is 22.8 Å². The molecule has 0 atom stereocenters. The summed E-state index contributed by atoms with van der Waals surface area (Å²) < 4.78 is 37.7. The molecule has 1 amide bonds. The largest absolute Gasteiger partial charge is 0.405 e. The summed E-state index contributed by atoms with van der Waals surface area (Å²) in [5.74, 6) is -0.805. The maximum absolute atomic E-state index is 12.1. The van der Waals surface area contributed by atoms with Gasteiger partial charge in [0.1, 0.15) is 11.6 Å². The van der Waals surface area contributed by atoms with Gasteiger partial charge < -0.3 is 10.6 Å². The van der Waals surface area contributed by atoms with Gasteiger partial charge in [-0.1, -0.05) is 18.3 Å². The van der Waals surface area contributed by atoms with Crippen LogP contribution in [0.15, 0.2) is 35.1 Å². The number of amides is 1. The van der Waals surface area contributed by atoms with Crippen molar-refractivity contribution in [2.75, 3.05) is 11.9 Å². The Hall–Kier alpha value is -2.95. The topological polar surface area (TPSA) is 88.4 Å². The van der Waals surface area contributed by atoms with Crippen LogP contribution < -0.4 is 16.2 Å². The number of nitrogens with one attached hydrogen (secondary N) is 2. The van der Waals surface area contributed by atoms with Gasteiger partial charge in [-0.05, 0) is 30.7 Å². The lowest BCUT2D eigenvalue weighted by Gasteiger charge is -2.09. The number of aryl methyl sites for hydroxylation is 1. The molecule has 0 fully saturated rings. The Morgan fingerprint density at radius 3 is 2.61 bits per heavy atom. The molecule has 0 saturated carbocycles. The molecule has 1 aromatic carbocycles. The smallest absolute Gasteiger partial charge is 0.379 e. The molecule has 0 spiro atoms. The van der Waals surface area contributed by atoms with E-state index in [1.54, 1.807) is 12.1 Å². The molecule has 0 aliphatic rings. The Balaban J connectivity index is 1.64. The van der Waals surface area contributed by atoms with Crippen molar-refractivity contribution in [2.24, 2.45) is 0 Å². The van der Waals surface area contributed by atoms with Crippen molar-refractivity contribution in [1.29, 1.82) is 0 Å². The van der Waals surface area contributed by atoms with E-state index in [4.69, 9.17) is 0 Å². The number of rotatable bonds is 6. The first-order valence-electron chi connectivity index (χ1n) is 8.33. The number of fused-ring (bicyclic) bond motifs is 1. The third-order valence-electron chi connectivity index (χ3n) is 3.71. The van der Waals surface area contributed by atoms with Crippen molar-refractivity contribution in [3.63, 3.8) is 0 Å². The van der Waals surface area contributed by atoms with E-state index in [2.05, 4.69) is 15.4 Å². The fourth-order valence-corrected chi connectivity index (χ4v) is 3.20. The van der Waals surface area contributed by atoms with Gasteiger partial charge in [0.05, 0.1) is 12.2 Å². The Kier molecular flexibility index (Phi) is 5.63. The molecule has 7 nitrogen and oxygen atoms in total. The number of anilines is 1. The second-order valence-electron chi connectivity index (χ2n) is 5.86. The lowest BCUT2D eigenvalue weighted by molar-refractivity contribution is -0.123. The molecular formula is C17H16F3N5O2S. The zero-order valence-electron chi connectivity index (χ0n) is 14.7. The molecule has 3 rings (SSSR count). The number of benzene rings is 1. The number of carbonyl (C=O) groups is 1. The van der Waals surface area contributed by atoms with Crippen LogP contribution in [-0.2, 0) is 13.0 Å².